The van der Waals surface area contributed by atoms with E-state index in [1.807, 2.05) is 19.9 Å². The van der Waals surface area contributed by atoms with Gasteiger partial charge >= 0.3 is 0 Å². The second kappa shape index (κ2) is 6.07. The summed E-state index contributed by atoms with van der Waals surface area (Å²) < 4.78 is 28.9. The van der Waals surface area contributed by atoms with Crippen LogP contribution in [0.4, 0.5) is 0 Å². The molecule has 0 aliphatic carbocycles. The van der Waals surface area contributed by atoms with Crippen molar-refractivity contribution in [3.63, 3.8) is 0 Å². The average molecular weight is 425 g/mol. The van der Waals surface area contributed by atoms with E-state index in [1.165, 1.54) is 0 Å². The van der Waals surface area contributed by atoms with Crippen molar-refractivity contribution in [1.82, 2.24) is 4.31 Å². The fourth-order valence-electron chi connectivity index (χ4n) is 2.54. The van der Waals surface area contributed by atoms with Crippen LogP contribution in [0.3, 0.4) is 0 Å². The summed E-state index contributed by atoms with van der Waals surface area (Å²) >= 11 is 6.81. The van der Waals surface area contributed by atoms with Gasteiger partial charge in [0.25, 0.3) is 0 Å². The molecule has 0 bridgehead atoms. The molecule has 2 atom stereocenters. The summed E-state index contributed by atoms with van der Waals surface area (Å²) in [5.74, 6) is 0.411. The largest absolute Gasteiger partial charge is 0.244 e. The molecule has 2 unspecified atom stereocenters. The van der Waals surface area contributed by atoms with Gasteiger partial charge < -0.3 is 0 Å². The molecule has 1 aliphatic rings. The van der Waals surface area contributed by atoms with Gasteiger partial charge in [-0.05, 0) is 66.2 Å². The number of rotatable bonds is 2. The van der Waals surface area contributed by atoms with Crippen LogP contribution in [-0.2, 0) is 10.0 Å². The number of benzene rings is 1. The normalized spacial score (nSPS) is 24.9. The second-order valence-electron chi connectivity index (χ2n) is 5.64. The maximum atomic E-state index is 12.9. The van der Waals surface area contributed by atoms with Gasteiger partial charge in [-0.2, -0.15) is 4.31 Å². The molecule has 1 aromatic carbocycles. The van der Waals surface area contributed by atoms with E-state index in [0.717, 1.165) is 22.9 Å². The molecule has 3 nitrogen and oxygen atoms in total. The molecule has 0 saturated carbocycles. The quantitative estimate of drug-likeness (QED) is 0.708. The fraction of sp³-hybridized carbons (Fsp3) is 0.571. The highest BCUT2D eigenvalue weighted by Crippen LogP contribution is 2.34. The first-order valence-electron chi connectivity index (χ1n) is 6.71. The molecule has 0 aromatic heterocycles. The SMILES string of the molecule is Cc1cc(Br)c(S(=O)(=O)N2CC(C)CCC2C)cc1Br. The highest BCUT2D eigenvalue weighted by molar-refractivity contribution is 9.11. The Morgan fingerprint density at radius 2 is 1.80 bits per heavy atom. The summed E-state index contributed by atoms with van der Waals surface area (Å²) in [6.07, 6.45) is 2.01. The zero-order valence-electron chi connectivity index (χ0n) is 11.9. The average Bonchev–Trinajstić information content (AvgIpc) is 2.36. The number of aryl methyl sites for hydroxylation is 1. The summed E-state index contributed by atoms with van der Waals surface area (Å²) in [5, 5.41) is 0. The van der Waals surface area contributed by atoms with Crippen LogP contribution in [0.2, 0.25) is 0 Å². The van der Waals surface area contributed by atoms with Gasteiger partial charge in [0.15, 0.2) is 0 Å². The predicted molar refractivity (Wildman–Crippen MR) is 88.3 cm³/mol. The van der Waals surface area contributed by atoms with Crippen molar-refractivity contribution in [3.05, 3.63) is 26.6 Å². The van der Waals surface area contributed by atoms with Gasteiger partial charge in [-0.15, -0.1) is 0 Å². The van der Waals surface area contributed by atoms with E-state index in [0.29, 0.717) is 21.8 Å². The van der Waals surface area contributed by atoms with Crippen LogP contribution < -0.4 is 0 Å². The summed E-state index contributed by atoms with van der Waals surface area (Å²) in [4.78, 5) is 0.343. The van der Waals surface area contributed by atoms with Gasteiger partial charge in [-0.1, -0.05) is 22.9 Å². The lowest BCUT2D eigenvalue weighted by molar-refractivity contribution is 0.218. The van der Waals surface area contributed by atoms with Crippen molar-refractivity contribution in [3.8, 4) is 0 Å². The van der Waals surface area contributed by atoms with Crippen molar-refractivity contribution in [2.75, 3.05) is 6.54 Å². The monoisotopic (exact) mass is 423 g/mol. The maximum absolute atomic E-state index is 12.9. The van der Waals surface area contributed by atoms with Crippen LogP contribution in [0.25, 0.3) is 0 Å². The van der Waals surface area contributed by atoms with Gasteiger partial charge in [0.2, 0.25) is 10.0 Å². The maximum Gasteiger partial charge on any atom is 0.244 e. The third kappa shape index (κ3) is 3.13. The van der Waals surface area contributed by atoms with Crippen LogP contribution in [0.5, 0.6) is 0 Å². The van der Waals surface area contributed by atoms with Crippen molar-refractivity contribution < 1.29 is 8.42 Å². The van der Waals surface area contributed by atoms with E-state index in [-0.39, 0.29) is 6.04 Å². The molecule has 0 N–H and O–H groups in total. The molecule has 1 aromatic rings. The molecular weight excluding hydrogens is 406 g/mol. The minimum absolute atomic E-state index is 0.0585. The number of hydrogen-bond donors (Lipinski definition) is 0. The first-order chi connectivity index (χ1) is 9.23. The lowest BCUT2D eigenvalue weighted by atomic mass is 9.97. The van der Waals surface area contributed by atoms with Crippen molar-refractivity contribution in [2.24, 2.45) is 5.92 Å². The van der Waals surface area contributed by atoms with Gasteiger partial charge in [-0.3, -0.25) is 0 Å². The number of piperidine rings is 1. The van der Waals surface area contributed by atoms with Gasteiger partial charge in [-0.25, -0.2) is 8.42 Å². The molecule has 112 valence electrons. The van der Waals surface area contributed by atoms with Crippen LogP contribution in [0.1, 0.15) is 32.3 Å². The predicted octanol–water partition coefficient (Wildman–Crippen LogP) is 4.33. The molecular formula is C14H19Br2NO2S. The summed E-state index contributed by atoms with van der Waals surface area (Å²) in [7, 11) is -3.46. The lowest BCUT2D eigenvalue weighted by Gasteiger charge is -2.35. The Kier molecular flexibility index (Phi) is 4.99. The molecule has 1 fully saturated rings. The van der Waals surface area contributed by atoms with Crippen LogP contribution in [0, 0.1) is 12.8 Å². The fourth-order valence-corrected chi connectivity index (χ4v) is 5.96. The molecule has 1 aliphatic heterocycles. The number of halogens is 2. The highest BCUT2D eigenvalue weighted by Gasteiger charge is 2.34. The Morgan fingerprint density at radius 3 is 2.45 bits per heavy atom. The number of nitrogens with zero attached hydrogens (tertiary/aromatic N) is 1. The molecule has 1 heterocycles. The zero-order valence-corrected chi connectivity index (χ0v) is 15.8. The van der Waals surface area contributed by atoms with E-state index in [2.05, 4.69) is 38.8 Å². The molecule has 0 radical (unpaired) electrons. The van der Waals surface area contributed by atoms with Crippen molar-refractivity contribution in [1.29, 1.82) is 0 Å². The summed E-state index contributed by atoms with van der Waals surface area (Å²) in [5.41, 5.74) is 1.01. The Labute approximate surface area is 138 Å². The first kappa shape index (κ1) is 16.5. The molecule has 6 heteroatoms. The summed E-state index contributed by atoms with van der Waals surface area (Å²) in [6, 6.07) is 3.60. The van der Waals surface area contributed by atoms with Crippen LogP contribution >= 0.6 is 31.9 Å². The Hall–Kier alpha value is 0.0900. The molecule has 20 heavy (non-hydrogen) atoms. The van der Waals surface area contributed by atoms with E-state index in [9.17, 15) is 8.42 Å². The third-order valence-corrected chi connectivity index (χ3v) is 7.65. The molecule has 1 saturated heterocycles. The van der Waals surface area contributed by atoms with E-state index in [1.54, 1.807) is 10.4 Å². The third-order valence-electron chi connectivity index (χ3n) is 3.86. The Morgan fingerprint density at radius 1 is 1.15 bits per heavy atom. The number of sulfonamides is 1. The van der Waals surface area contributed by atoms with Gasteiger partial charge in [0, 0.05) is 21.5 Å². The van der Waals surface area contributed by atoms with Gasteiger partial charge in [0.05, 0.1) is 4.90 Å². The van der Waals surface area contributed by atoms with Crippen LogP contribution in [0.15, 0.2) is 26.0 Å². The minimum Gasteiger partial charge on any atom is -0.207 e. The van der Waals surface area contributed by atoms with Crippen molar-refractivity contribution >= 4 is 41.9 Å². The lowest BCUT2D eigenvalue weighted by Crippen LogP contribution is -2.44. The molecule has 0 spiro atoms. The topological polar surface area (TPSA) is 37.4 Å². The van der Waals surface area contributed by atoms with Crippen molar-refractivity contribution in [2.45, 2.75) is 44.6 Å². The zero-order chi connectivity index (χ0) is 15.1. The standard InChI is InChI=1S/C14H19Br2NO2S/c1-9-4-5-11(3)17(8-9)20(18,19)14-7-12(15)10(2)6-13(14)16/h6-7,9,11H,4-5,8H2,1-3H3. The van der Waals surface area contributed by atoms with Gasteiger partial charge in [0.1, 0.15) is 0 Å². The summed E-state index contributed by atoms with van der Waals surface area (Å²) in [6.45, 7) is 6.63. The van der Waals surface area contributed by atoms with E-state index < -0.39 is 10.0 Å². The first-order valence-corrected chi connectivity index (χ1v) is 9.73. The molecule has 0 amide bonds. The molecule has 2 rings (SSSR count). The number of hydrogen-bond acceptors (Lipinski definition) is 2. The minimum atomic E-state index is -3.46. The van der Waals surface area contributed by atoms with Crippen LogP contribution in [-0.4, -0.2) is 25.3 Å². The van der Waals surface area contributed by atoms with E-state index in [4.69, 9.17) is 0 Å². The highest BCUT2D eigenvalue weighted by atomic mass is 79.9. The smallest absolute Gasteiger partial charge is 0.207 e. The Balaban J connectivity index is 2.47. The van der Waals surface area contributed by atoms with E-state index >= 15 is 0 Å². The second-order valence-corrected chi connectivity index (χ2v) is 9.21. The Bertz CT molecular complexity index is 616.